The Balaban J connectivity index is 0.000000823. The number of hydrogen-bond donors (Lipinski definition) is 0. The minimum Gasteiger partial charge on any atom is -0.544 e. The first-order valence-corrected chi connectivity index (χ1v) is 40.4. The predicted octanol–water partition coefficient (Wildman–Crippen LogP) is 7.41. The summed E-state index contributed by atoms with van der Waals surface area (Å²) >= 11 is 10.2. The van der Waals surface area contributed by atoms with Gasteiger partial charge in [-0.25, -0.2) is 52.7 Å². The molecular weight excluding hydrogens is 2640 g/mol. The van der Waals surface area contributed by atoms with E-state index in [1.807, 2.05) is 22.6 Å². The molecule has 0 N–H and O–H groups in total. The van der Waals surface area contributed by atoms with E-state index in [1.54, 1.807) is 67.8 Å². The number of aliphatic carboxylic acids is 6. The number of halogens is 30. The van der Waals surface area contributed by atoms with Crippen LogP contribution in [0.25, 0.3) is 0 Å². The molecule has 0 fully saturated rings. The largest absolute Gasteiger partial charge is 0.544 e. The highest BCUT2D eigenvalue weighted by Crippen LogP contribution is 2.44. The van der Waals surface area contributed by atoms with Gasteiger partial charge in [0.15, 0.2) is 11.5 Å². The van der Waals surface area contributed by atoms with Gasteiger partial charge in [0.25, 0.3) is 0 Å². The molecule has 0 saturated heterocycles. The van der Waals surface area contributed by atoms with Crippen LogP contribution in [0.1, 0.15) is 72.6 Å². The fourth-order valence-corrected chi connectivity index (χ4v) is 12.5. The van der Waals surface area contributed by atoms with Crippen LogP contribution >= 0.6 is 136 Å². The lowest BCUT2D eigenvalue weighted by Gasteiger charge is -2.25. The van der Waals surface area contributed by atoms with Gasteiger partial charge >= 0.3 is 137 Å². The van der Waals surface area contributed by atoms with E-state index in [4.69, 9.17) is 0 Å². The molecule has 0 bridgehead atoms. The van der Waals surface area contributed by atoms with Crippen molar-refractivity contribution in [3.05, 3.63) is 164 Å². The quantitative estimate of drug-likeness (QED) is 0.0130. The standard InChI is InChI=1S/C13H8F4I2O6.C13H9F4IO6.C13H10F4O6.C12H6F4I2O6.C12H8F4O6.C10H5F4IO4/c1-2-24-9(20)6-3-5(18)4-7(19)8(6)25-11(23)13(16,17)12(14,15)10(21)22;1-2-23-9(19)7-5-6(18)3-4-8(7)24-11(22)13(16,17)12(14,15)10(20)21;1-2-22-9(18)7-5-3-4-6-8(7)23-11(21)13(16,17)12(14,15)10(19)20;1-23-8(19)5-2-4(17)3-6(18)7(5)24-10(22)12(15,16)11(13,14)9(20)21;1-21-8(17)6-4-2-3-5-7(6)22-10(20)12(15,16)11(13,14)9(18)19;11-9(12,7(16)17)10(13,14)8(18)19-6-3-1-5(15)2-4-6/h3-4H,2H2,1H3,(H,21,22);3-5H,2H2,1H3,(H,20,21);3-6H,2H2,1H3,(H,19,20);2-3H,1H3,(H,20,21);2-5H,1H3,(H,18,19);1-4H,(H,16,17)/p-6. The smallest absolute Gasteiger partial charge is 0.410 e. The maximum Gasteiger partial charge on any atom is 0.410 e. The Kier molecular flexibility index (Phi) is 45.3. The maximum atomic E-state index is 13.5. The summed E-state index contributed by atoms with van der Waals surface area (Å²) in [4.78, 5) is 186. The first-order valence-electron chi connectivity index (χ1n) is 33.9. The predicted molar refractivity (Wildman–Crippen MR) is 429 cm³/mol. The van der Waals surface area contributed by atoms with E-state index >= 15 is 0 Å². The summed E-state index contributed by atoms with van der Waals surface area (Å²) in [5, 5.41) is 60.4. The molecular formula is C73H40F24I6O34-6. The van der Waals surface area contributed by atoms with E-state index in [1.165, 1.54) is 114 Å². The summed E-state index contributed by atoms with van der Waals surface area (Å²) in [6, 6.07) is 21.7. The van der Waals surface area contributed by atoms with Gasteiger partial charge in [-0.2, -0.15) is 105 Å². The summed E-state index contributed by atoms with van der Waals surface area (Å²) < 4.78 is 363. The van der Waals surface area contributed by atoms with E-state index in [0.717, 1.165) is 80.9 Å². The number of hydrogen-bond acceptors (Lipinski definition) is 34. The third kappa shape index (κ3) is 30.5. The summed E-state index contributed by atoms with van der Waals surface area (Å²) in [6.07, 6.45) is 0. The summed E-state index contributed by atoms with van der Waals surface area (Å²) in [7, 11) is 1.90. The maximum absolute atomic E-state index is 13.5. The average molecular weight is 2680 g/mol. The Labute approximate surface area is 825 Å². The highest BCUT2D eigenvalue weighted by Gasteiger charge is 2.70. The topological polar surface area (TPSA) is 530 Å². The molecule has 137 heavy (non-hydrogen) atoms. The molecule has 0 amide bonds. The Morgan fingerprint density at radius 1 is 0.248 bits per heavy atom. The molecule has 0 aromatic heterocycles. The van der Waals surface area contributed by atoms with E-state index in [2.05, 4.69) is 52.1 Å². The summed E-state index contributed by atoms with van der Waals surface area (Å²) in [6.45, 7) is 4.09. The molecule has 6 aromatic rings. The number of carboxylic acid groups (broad SMARTS) is 6. The first kappa shape index (κ1) is 124. The van der Waals surface area contributed by atoms with Crippen molar-refractivity contribution in [2.24, 2.45) is 0 Å². The first-order chi connectivity index (χ1) is 62.3. The second-order valence-electron chi connectivity index (χ2n) is 23.7. The van der Waals surface area contributed by atoms with Gasteiger partial charge in [-0.05, 0) is 247 Å². The van der Waals surface area contributed by atoms with Gasteiger partial charge in [-0.1, -0.05) is 24.3 Å². The van der Waals surface area contributed by atoms with E-state index < -0.39 is 235 Å². The number of alkyl halides is 24. The SMILES string of the molecule is CCOC(=O)c1cc(I)cc(I)c1OC(=O)C(F)(F)C(F)(F)C(=O)[O-].CCOC(=O)c1cc(I)ccc1OC(=O)C(F)(F)C(F)(F)C(=O)[O-].CCOC(=O)c1ccccc1OC(=O)C(F)(F)C(F)(F)C(=O)[O-].COC(=O)c1cc(I)cc(I)c1OC(=O)C(F)(F)C(F)(F)C(=O)[O-].COC(=O)c1ccccc1OC(=O)C(F)(F)C(F)(F)C(=O)[O-].O=C([O-])C(F)(F)C(F)(F)C(=O)Oc1ccc(I)cc1. The molecule has 0 aliphatic heterocycles. The van der Waals surface area contributed by atoms with Crippen LogP contribution in [0, 0.1) is 21.4 Å². The van der Waals surface area contributed by atoms with Gasteiger partial charge in [0.1, 0.15) is 86.6 Å². The Morgan fingerprint density at radius 3 is 0.745 bits per heavy atom. The number of carbonyl (C=O) groups is 17. The Bertz CT molecular complexity index is 5570. The number of para-hydroxylation sites is 2. The molecule has 752 valence electrons. The van der Waals surface area contributed by atoms with E-state index in [-0.39, 0.29) is 27.0 Å². The van der Waals surface area contributed by atoms with Crippen molar-refractivity contribution >= 4 is 237 Å². The molecule has 34 nitrogen and oxygen atoms in total. The molecule has 6 aromatic carbocycles. The molecule has 64 heteroatoms. The monoisotopic (exact) mass is 2680 g/mol. The van der Waals surface area contributed by atoms with E-state index in [0.29, 0.717) is 14.3 Å². The number of carboxylic acids is 6. The molecule has 0 unspecified atom stereocenters. The second kappa shape index (κ2) is 50.0. The van der Waals surface area contributed by atoms with Crippen molar-refractivity contribution in [2.75, 3.05) is 34.0 Å². The van der Waals surface area contributed by atoms with Gasteiger partial charge in [0.2, 0.25) is 0 Å². The van der Waals surface area contributed by atoms with Gasteiger partial charge in [0, 0.05) is 14.3 Å². The highest BCUT2D eigenvalue weighted by molar-refractivity contribution is 14.1. The number of ether oxygens (including phenoxy) is 11. The third-order valence-electron chi connectivity index (χ3n) is 14.5. The van der Waals surface area contributed by atoms with Crippen LogP contribution in [0.4, 0.5) is 105 Å². The van der Waals surface area contributed by atoms with Crippen molar-refractivity contribution in [3.63, 3.8) is 0 Å². The van der Waals surface area contributed by atoms with Gasteiger partial charge in [0.05, 0.1) is 41.2 Å². The number of rotatable bonds is 32. The molecule has 0 aliphatic rings. The van der Waals surface area contributed by atoms with Crippen LogP contribution in [0.15, 0.2) is 115 Å². The van der Waals surface area contributed by atoms with Crippen molar-refractivity contribution in [1.29, 1.82) is 0 Å². The summed E-state index contributed by atoms with van der Waals surface area (Å²) in [5.41, 5.74) is -2.38. The third-order valence-corrected chi connectivity index (χ3v) is 18.7. The molecule has 0 spiro atoms. The highest BCUT2D eigenvalue weighted by atomic mass is 127. The van der Waals surface area contributed by atoms with Crippen LogP contribution in [-0.2, 0) is 81.2 Å². The number of esters is 11. The van der Waals surface area contributed by atoms with Gasteiger partial charge < -0.3 is 112 Å². The normalized spacial score (nSPS) is 11.8. The van der Waals surface area contributed by atoms with Crippen LogP contribution in [0.3, 0.4) is 0 Å². The number of carbonyl (C=O) groups excluding carboxylic acids is 17. The van der Waals surface area contributed by atoms with Crippen LogP contribution in [-0.4, -0.2) is 207 Å². The number of methoxy groups -OCH3 is 2. The lowest BCUT2D eigenvalue weighted by Crippen LogP contribution is -2.58. The second-order valence-corrected chi connectivity index (χ2v) is 31.0. The minimum atomic E-state index is -5.80. The summed E-state index contributed by atoms with van der Waals surface area (Å²) in [5.74, 6) is -116. The molecule has 0 atom stereocenters. The molecule has 0 heterocycles. The lowest BCUT2D eigenvalue weighted by atomic mass is 10.1. The Hall–Kier alpha value is -11.0. The van der Waals surface area contributed by atoms with Crippen molar-refractivity contribution in [3.8, 4) is 34.5 Å². The van der Waals surface area contributed by atoms with Crippen LogP contribution in [0.2, 0.25) is 0 Å². The van der Waals surface area contributed by atoms with Crippen molar-refractivity contribution in [2.45, 2.75) is 91.8 Å². The minimum absolute atomic E-state index is 0.0338. The van der Waals surface area contributed by atoms with Crippen LogP contribution < -0.4 is 59.1 Å². The Morgan fingerprint density at radius 2 is 0.467 bits per heavy atom. The average Bonchev–Trinajstić information content (AvgIpc) is 0.790. The van der Waals surface area contributed by atoms with Crippen molar-refractivity contribution in [1.82, 2.24) is 0 Å². The molecule has 0 saturated carbocycles. The zero-order valence-electron chi connectivity index (χ0n) is 66.3. The zero-order chi connectivity index (χ0) is 107. The van der Waals surface area contributed by atoms with Gasteiger partial charge in [-0.3, -0.25) is 0 Å². The van der Waals surface area contributed by atoms with E-state index in [9.17, 15) is 218 Å². The molecule has 0 radical (unpaired) electrons. The van der Waals surface area contributed by atoms with Crippen LogP contribution in [0.5, 0.6) is 34.5 Å². The van der Waals surface area contributed by atoms with Gasteiger partial charge in [-0.15, -0.1) is 0 Å². The zero-order valence-corrected chi connectivity index (χ0v) is 79.3. The number of benzene rings is 6. The molecule has 6 rings (SSSR count). The molecule has 0 aliphatic carbocycles. The lowest BCUT2D eigenvalue weighted by molar-refractivity contribution is -0.346. The fourth-order valence-electron chi connectivity index (χ4n) is 7.69. The van der Waals surface area contributed by atoms with Crippen molar-refractivity contribution < 1.29 is 270 Å². The fraction of sp³-hybridized carbons (Fsp3) is 0.274.